The van der Waals surface area contributed by atoms with Gasteiger partial charge in [0.05, 0.1) is 5.02 Å². The SMILES string of the molecule is CCN1C(c2ccc(Cl)cc2Cl)=NOC1(C)c1ccccc1. The summed E-state index contributed by atoms with van der Waals surface area (Å²) in [6.07, 6.45) is 0. The van der Waals surface area contributed by atoms with Gasteiger partial charge in [0, 0.05) is 29.6 Å². The summed E-state index contributed by atoms with van der Waals surface area (Å²) in [7, 11) is 0. The maximum atomic E-state index is 6.32. The van der Waals surface area contributed by atoms with E-state index in [1.165, 1.54) is 0 Å². The molecule has 0 saturated heterocycles. The second kappa shape index (κ2) is 5.82. The van der Waals surface area contributed by atoms with E-state index in [2.05, 4.69) is 17.0 Å². The van der Waals surface area contributed by atoms with Crippen molar-refractivity contribution in [3.8, 4) is 0 Å². The lowest BCUT2D eigenvalue weighted by Gasteiger charge is -2.34. The van der Waals surface area contributed by atoms with Crippen LogP contribution in [0.25, 0.3) is 0 Å². The maximum Gasteiger partial charge on any atom is 0.234 e. The fourth-order valence-corrected chi connectivity index (χ4v) is 3.20. The largest absolute Gasteiger partial charge is 0.360 e. The Kier molecular flexibility index (Phi) is 4.02. The van der Waals surface area contributed by atoms with Gasteiger partial charge in [-0.15, -0.1) is 0 Å². The maximum absolute atomic E-state index is 6.32. The number of hydrogen-bond donors (Lipinski definition) is 0. The zero-order valence-corrected chi connectivity index (χ0v) is 13.9. The fourth-order valence-electron chi connectivity index (χ4n) is 2.71. The molecule has 5 heteroatoms. The lowest BCUT2D eigenvalue weighted by molar-refractivity contribution is -0.0886. The molecule has 1 heterocycles. The molecule has 2 aromatic carbocycles. The van der Waals surface area contributed by atoms with Crippen molar-refractivity contribution >= 4 is 29.0 Å². The Hall–Kier alpha value is -1.71. The highest BCUT2D eigenvalue weighted by Crippen LogP contribution is 2.37. The molecule has 2 aromatic rings. The third-order valence-corrected chi connectivity index (χ3v) is 4.43. The first kappa shape index (κ1) is 15.2. The monoisotopic (exact) mass is 334 g/mol. The van der Waals surface area contributed by atoms with Crippen molar-refractivity contribution in [2.75, 3.05) is 6.54 Å². The number of oxime groups is 1. The highest BCUT2D eigenvalue weighted by molar-refractivity contribution is 6.37. The molecular formula is C17H16Cl2N2O. The van der Waals surface area contributed by atoms with Gasteiger partial charge in [-0.25, -0.2) is 0 Å². The summed E-state index contributed by atoms with van der Waals surface area (Å²) >= 11 is 12.3. The van der Waals surface area contributed by atoms with Crippen molar-refractivity contribution < 1.29 is 4.84 Å². The Morgan fingerprint density at radius 2 is 1.86 bits per heavy atom. The topological polar surface area (TPSA) is 24.8 Å². The number of rotatable bonds is 3. The molecule has 1 aliphatic rings. The molecular weight excluding hydrogens is 319 g/mol. The Balaban J connectivity index is 2.02. The van der Waals surface area contributed by atoms with Crippen LogP contribution in [0.3, 0.4) is 0 Å². The van der Waals surface area contributed by atoms with Gasteiger partial charge in [-0.3, -0.25) is 0 Å². The summed E-state index contributed by atoms with van der Waals surface area (Å²) in [6.45, 7) is 4.81. The average Bonchev–Trinajstić information content (AvgIpc) is 2.86. The van der Waals surface area contributed by atoms with Crippen LogP contribution in [0.15, 0.2) is 53.7 Å². The molecule has 3 nitrogen and oxygen atoms in total. The predicted molar refractivity (Wildman–Crippen MR) is 90.3 cm³/mol. The smallest absolute Gasteiger partial charge is 0.234 e. The van der Waals surface area contributed by atoms with E-state index in [-0.39, 0.29) is 0 Å². The molecule has 0 radical (unpaired) electrons. The molecule has 0 amide bonds. The normalized spacial score (nSPS) is 20.7. The van der Waals surface area contributed by atoms with Gasteiger partial charge in [0.2, 0.25) is 5.72 Å². The van der Waals surface area contributed by atoms with Crippen LogP contribution in [0.2, 0.25) is 10.0 Å². The molecule has 114 valence electrons. The lowest BCUT2D eigenvalue weighted by Crippen LogP contribution is -2.44. The van der Waals surface area contributed by atoms with Crippen molar-refractivity contribution in [2.24, 2.45) is 5.16 Å². The molecule has 0 saturated carbocycles. The highest BCUT2D eigenvalue weighted by Gasteiger charge is 2.43. The van der Waals surface area contributed by atoms with Crippen molar-refractivity contribution in [1.29, 1.82) is 0 Å². The van der Waals surface area contributed by atoms with Crippen LogP contribution in [0.5, 0.6) is 0 Å². The first-order chi connectivity index (χ1) is 10.6. The Morgan fingerprint density at radius 3 is 2.50 bits per heavy atom. The Bertz CT molecular complexity index is 718. The highest BCUT2D eigenvalue weighted by atomic mass is 35.5. The van der Waals surface area contributed by atoms with E-state index in [0.717, 1.165) is 23.5 Å². The first-order valence-electron chi connectivity index (χ1n) is 7.11. The molecule has 22 heavy (non-hydrogen) atoms. The van der Waals surface area contributed by atoms with Crippen molar-refractivity contribution in [3.63, 3.8) is 0 Å². The fraction of sp³-hybridized carbons (Fsp3) is 0.235. The molecule has 0 aliphatic carbocycles. The first-order valence-corrected chi connectivity index (χ1v) is 7.86. The molecule has 1 unspecified atom stereocenters. The molecule has 0 spiro atoms. The van der Waals surface area contributed by atoms with Gasteiger partial charge in [-0.2, -0.15) is 0 Å². The van der Waals surface area contributed by atoms with E-state index in [1.54, 1.807) is 12.1 Å². The molecule has 0 bridgehead atoms. The average molecular weight is 335 g/mol. The zero-order valence-electron chi connectivity index (χ0n) is 12.4. The van der Waals surface area contributed by atoms with E-state index < -0.39 is 5.72 Å². The summed E-state index contributed by atoms with van der Waals surface area (Å²) in [5, 5.41) is 5.45. The van der Waals surface area contributed by atoms with Crippen LogP contribution in [-0.2, 0) is 10.6 Å². The second-order valence-electron chi connectivity index (χ2n) is 5.22. The molecule has 0 fully saturated rings. The third kappa shape index (κ3) is 2.44. The van der Waals surface area contributed by atoms with Crippen molar-refractivity contribution in [3.05, 3.63) is 69.7 Å². The molecule has 1 aliphatic heterocycles. The summed E-state index contributed by atoms with van der Waals surface area (Å²) in [5.41, 5.74) is 1.21. The Labute approximate surface area is 140 Å². The lowest BCUT2D eigenvalue weighted by atomic mass is 10.0. The van der Waals surface area contributed by atoms with Gasteiger partial charge < -0.3 is 9.74 Å². The van der Waals surface area contributed by atoms with E-state index in [0.29, 0.717) is 10.0 Å². The zero-order chi connectivity index (χ0) is 15.7. The summed E-state index contributed by atoms with van der Waals surface area (Å²) in [5.74, 6) is 0.718. The minimum atomic E-state index is -0.645. The summed E-state index contributed by atoms with van der Waals surface area (Å²) < 4.78 is 0. The Morgan fingerprint density at radius 1 is 1.14 bits per heavy atom. The van der Waals surface area contributed by atoms with E-state index >= 15 is 0 Å². The van der Waals surface area contributed by atoms with Crippen LogP contribution >= 0.6 is 23.2 Å². The van der Waals surface area contributed by atoms with E-state index in [1.807, 2.05) is 43.3 Å². The van der Waals surface area contributed by atoms with Gasteiger partial charge in [0.1, 0.15) is 0 Å². The molecule has 1 atom stereocenters. The van der Waals surface area contributed by atoms with Crippen LogP contribution in [-0.4, -0.2) is 17.3 Å². The minimum Gasteiger partial charge on any atom is -0.360 e. The van der Waals surface area contributed by atoms with Crippen molar-refractivity contribution in [2.45, 2.75) is 19.6 Å². The van der Waals surface area contributed by atoms with Gasteiger partial charge in [-0.05, 0) is 25.1 Å². The number of hydrogen-bond acceptors (Lipinski definition) is 3. The van der Waals surface area contributed by atoms with Crippen molar-refractivity contribution in [1.82, 2.24) is 4.90 Å². The van der Waals surface area contributed by atoms with Gasteiger partial charge >= 0.3 is 0 Å². The number of benzene rings is 2. The quantitative estimate of drug-likeness (QED) is 0.799. The van der Waals surface area contributed by atoms with Gasteiger partial charge in [0.25, 0.3) is 0 Å². The molecule has 3 rings (SSSR count). The number of amidine groups is 1. The van der Waals surface area contributed by atoms with E-state index in [9.17, 15) is 0 Å². The van der Waals surface area contributed by atoms with E-state index in [4.69, 9.17) is 28.0 Å². The molecule has 0 aromatic heterocycles. The van der Waals surface area contributed by atoms with Crippen LogP contribution in [0, 0.1) is 0 Å². The second-order valence-corrected chi connectivity index (χ2v) is 6.07. The standard InChI is InChI=1S/C17H16Cl2N2O/c1-3-21-16(14-10-9-13(18)11-15(14)19)20-22-17(21,2)12-7-5-4-6-8-12/h4-11H,3H2,1-2H3. The predicted octanol–water partition coefficient (Wildman–Crippen LogP) is 4.88. The third-order valence-electron chi connectivity index (χ3n) is 3.88. The van der Waals surface area contributed by atoms with Gasteiger partial charge in [0.15, 0.2) is 5.84 Å². The summed E-state index contributed by atoms with van der Waals surface area (Å²) in [4.78, 5) is 7.90. The van der Waals surface area contributed by atoms with Crippen LogP contribution in [0.1, 0.15) is 25.0 Å². The number of halogens is 2. The molecule has 0 N–H and O–H groups in total. The van der Waals surface area contributed by atoms with Gasteiger partial charge in [-0.1, -0.05) is 58.7 Å². The minimum absolute atomic E-state index is 0.561. The summed E-state index contributed by atoms with van der Waals surface area (Å²) in [6, 6.07) is 15.4. The van der Waals surface area contributed by atoms with Crippen LogP contribution < -0.4 is 0 Å². The van der Waals surface area contributed by atoms with Crippen LogP contribution in [0.4, 0.5) is 0 Å². The number of nitrogens with zero attached hydrogens (tertiary/aromatic N) is 2.